The monoisotopic (exact) mass is 213 g/mol. The number of piperidine rings is 1. The van der Waals surface area contributed by atoms with E-state index in [1.54, 1.807) is 7.11 Å². The molecule has 1 saturated heterocycles. The molecule has 6 heteroatoms. The molecule has 6 nitrogen and oxygen atoms in total. The Balaban J connectivity index is 2.64. The zero-order valence-electron chi connectivity index (χ0n) is 9.29. The second-order valence-corrected chi connectivity index (χ2v) is 4.04. The van der Waals surface area contributed by atoms with Gasteiger partial charge in [-0.3, -0.25) is 5.41 Å². The van der Waals surface area contributed by atoms with Gasteiger partial charge in [-0.2, -0.15) is 4.99 Å². The van der Waals surface area contributed by atoms with Crippen LogP contribution in [-0.2, 0) is 4.74 Å². The van der Waals surface area contributed by atoms with E-state index in [2.05, 4.69) is 4.99 Å². The summed E-state index contributed by atoms with van der Waals surface area (Å²) in [6, 6.07) is 0. The Morgan fingerprint density at radius 1 is 1.53 bits per heavy atom. The van der Waals surface area contributed by atoms with E-state index in [0.29, 0.717) is 6.54 Å². The van der Waals surface area contributed by atoms with Crippen molar-refractivity contribution in [2.24, 2.45) is 16.5 Å². The van der Waals surface area contributed by atoms with Gasteiger partial charge in [-0.05, 0) is 19.8 Å². The smallest absolute Gasteiger partial charge is 0.221 e. The highest BCUT2D eigenvalue weighted by atomic mass is 16.5. The molecule has 0 radical (unpaired) electrons. The molecule has 1 aliphatic rings. The molecule has 86 valence electrons. The Bertz CT molecular complexity index is 274. The summed E-state index contributed by atoms with van der Waals surface area (Å²) in [6.45, 7) is 3.48. The van der Waals surface area contributed by atoms with Crippen molar-refractivity contribution in [1.29, 1.82) is 5.41 Å². The van der Waals surface area contributed by atoms with E-state index in [1.807, 2.05) is 11.8 Å². The molecule has 1 fully saturated rings. The van der Waals surface area contributed by atoms with Gasteiger partial charge in [0.25, 0.3) is 0 Å². The highest BCUT2D eigenvalue weighted by Gasteiger charge is 2.31. The third kappa shape index (κ3) is 3.09. The number of aliphatic imine (C=N–C) groups is 1. The van der Waals surface area contributed by atoms with Crippen LogP contribution in [0.1, 0.15) is 19.8 Å². The summed E-state index contributed by atoms with van der Waals surface area (Å²) in [5.41, 5.74) is 10.3. The Morgan fingerprint density at radius 2 is 2.20 bits per heavy atom. The molecule has 0 aromatic heterocycles. The Morgan fingerprint density at radius 3 is 2.73 bits per heavy atom. The molecule has 1 unspecified atom stereocenters. The van der Waals surface area contributed by atoms with Crippen molar-refractivity contribution in [2.75, 3.05) is 20.2 Å². The molecular weight excluding hydrogens is 194 g/mol. The van der Waals surface area contributed by atoms with Crippen LogP contribution in [-0.4, -0.2) is 42.6 Å². The lowest BCUT2D eigenvalue weighted by atomic mass is 9.95. The van der Waals surface area contributed by atoms with Crippen LogP contribution in [0.3, 0.4) is 0 Å². The zero-order valence-corrected chi connectivity index (χ0v) is 9.29. The normalized spacial score (nSPS) is 26.1. The molecule has 0 amide bonds. The first kappa shape index (κ1) is 11.8. The van der Waals surface area contributed by atoms with E-state index in [1.165, 1.54) is 0 Å². The summed E-state index contributed by atoms with van der Waals surface area (Å²) in [5.74, 6) is 0.0302. The number of nitrogens with one attached hydrogen (secondary N) is 1. The fourth-order valence-corrected chi connectivity index (χ4v) is 1.75. The van der Waals surface area contributed by atoms with Gasteiger partial charge in [0.2, 0.25) is 5.96 Å². The Labute approximate surface area is 89.8 Å². The molecule has 0 spiro atoms. The van der Waals surface area contributed by atoms with Crippen LogP contribution in [0.4, 0.5) is 0 Å². The van der Waals surface area contributed by atoms with Gasteiger partial charge in [-0.25, -0.2) is 0 Å². The number of nitrogens with zero attached hydrogens (tertiary/aromatic N) is 2. The molecule has 1 atom stereocenters. The minimum Gasteiger partial charge on any atom is -0.377 e. The van der Waals surface area contributed by atoms with Crippen LogP contribution in [0, 0.1) is 5.41 Å². The van der Waals surface area contributed by atoms with Crippen molar-refractivity contribution in [3.05, 3.63) is 0 Å². The Kier molecular flexibility index (Phi) is 3.52. The van der Waals surface area contributed by atoms with E-state index in [0.717, 1.165) is 19.4 Å². The van der Waals surface area contributed by atoms with Crippen LogP contribution in [0.25, 0.3) is 0 Å². The van der Waals surface area contributed by atoms with Crippen LogP contribution in [0.5, 0.6) is 0 Å². The maximum atomic E-state index is 7.69. The molecule has 1 heterocycles. The highest BCUT2D eigenvalue weighted by Crippen LogP contribution is 2.23. The standard InChI is InChI=1S/C9H19N5O/c1-9(15-2)4-3-5-14(6-9)8(12)13-7(10)11/h3-6H2,1-2H3,(H5,10,11,12,13). The lowest BCUT2D eigenvalue weighted by Crippen LogP contribution is -2.49. The van der Waals surface area contributed by atoms with Crippen LogP contribution in [0.2, 0.25) is 0 Å². The first-order valence-electron chi connectivity index (χ1n) is 4.95. The predicted molar refractivity (Wildman–Crippen MR) is 59.8 cm³/mol. The fourth-order valence-electron chi connectivity index (χ4n) is 1.75. The van der Waals surface area contributed by atoms with E-state index < -0.39 is 0 Å². The number of hydrogen-bond donors (Lipinski definition) is 3. The van der Waals surface area contributed by atoms with Gasteiger partial charge in [-0.15, -0.1) is 0 Å². The summed E-state index contributed by atoms with van der Waals surface area (Å²) >= 11 is 0. The molecule has 0 aromatic carbocycles. The van der Waals surface area contributed by atoms with E-state index in [9.17, 15) is 0 Å². The lowest BCUT2D eigenvalue weighted by Gasteiger charge is -2.39. The second-order valence-electron chi connectivity index (χ2n) is 4.04. The van der Waals surface area contributed by atoms with Gasteiger partial charge in [0.1, 0.15) is 0 Å². The number of methoxy groups -OCH3 is 1. The van der Waals surface area contributed by atoms with Crippen molar-refractivity contribution < 1.29 is 4.74 Å². The second kappa shape index (κ2) is 4.48. The third-order valence-electron chi connectivity index (χ3n) is 2.69. The van der Waals surface area contributed by atoms with Gasteiger partial charge in [0, 0.05) is 20.2 Å². The van der Waals surface area contributed by atoms with E-state index in [-0.39, 0.29) is 17.5 Å². The molecule has 1 aliphatic heterocycles. The van der Waals surface area contributed by atoms with Crippen molar-refractivity contribution in [2.45, 2.75) is 25.4 Å². The Hall–Kier alpha value is -1.30. The summed E-state index contributed by atoms with van der Waals surface area (Å²) in [7, 11) is 1.69. The zero-order chi connectivity index (χ0) is 11.5. The quantitative estimate of drug-likeness (QED) is 0.411. The lowest BCUT2D eigenvalue weighted by molar-refractivity contribution is -0.0352. The highest BCUT2D eigenvalue weighted by molar-refractivity contribution is 5.91. The van der Waals surface area contributed by atoms with Gasteiger partial charge in [-0.1, -0.05) is 0 Å². The molecule has 0 aliphatic carbocycles. The number of rotatable bonds is 1. The first-order chi connectivity index (χ1) is 6.97. The maximum absolute atomic E-state index is 7.69. The summed E-state index contributed by atoms with van der Waals surface area (Å²) < 4.78 is 5.41. The van der Waals surface area contributed by atoms with Gasteiger partial charge < -0.3 is 21.1 Å². The summed E-state index contributed by atoms with van der Waals surface area (Å²) in [6.07, 6.45) is 1.97. The molecule has 0 aromatic rings. The number of ether oxygens (including phenoxy) is 1. The number of hydrogen-bond acceptors (Lipinski definition) is 2. The number of guanidine groups is 2. The van der Waals surface area contributed by atoms with E-state index >= 15 is 0 Å². The first-order valence-corrected chi connectivity index (χ1v) is 4.95. The minimum atomic E-state index is -0.205. The average Bonchev–Trinajstić information content (AvgIpc) is 2.17. The van der Waals surface area contributed by atoms with Crippen molar-refractivity contribution >= 4 is 11.9 Å². The van der Waals surface area contributed by atoms with Crippen LogP contribution >= 0.6 is 0 Å². The van der Waals surface area contributed by atoms with Gasteiger partial charge in [0.15, 0.2) is 5.96 Å². The molecule has 5 N–H and O–H groups in total. The van der Waals surface area contributed by atoms with Gasteiger partial charge in [0.05, 0.1) is 5.60 Å². The van der Waals surface area contributed by atoms with Crippen LogP contribution < -0.4 is 11.5 Å². The predicted octanol–water partition coefficient (Wildman–Crippen LogP) is -0.305. The molecular formula is C9H19N5O. The maximum Gasteiger partial charge on any atom is 0.221 e. The van der Waals surface area contributed by atoms with Crippen molar-refractivity contribution in [3.8, 4) is 0 Å². The fraction of sp³-hybridized carbons (Fsp3) is 0.778. The molecule has 1 rings (SSSR count). The minimum absolute atomic E-state index is 0.0790. The SMILES string of the molecule is COC1(C)CCCN(C(=N)N=C(N)N)C1. The molecule has 0 bridgehead atoms. The van der Waals surface area contributed by atoms with E-state index in [4.69, 9.17) is 21.6 Å². The molecule has 0 saturated carbocycles. The summed E-state index contributed by atoms with van der Waals surface area (Å²) in [5, 5.41) is 7.69. The summed E-state index contributed by atoms with van der Waals surface area (Å²) in [4.78, 5) is 5.55. The van der Waals surface area contributed by atoms with Crippen LogP contribution in [0.15, 0.2) is 4.99 Å². The van der Waals surface area contributed by atoms with Crippen molar-refractivity contribution in [3.63, 3.8) is 0 Å². The van der Waals surface area contributed by atoms with Gasteiger partial charge >= 0.3 is 0 Å². The number of nitrogens with two attached hydrogens (primary N) is 2. The number of likely N-dealkylation sites (tertiary alicyclic amines) is 1. The molecule has 15 heavy (non-hydrogen) atoms. The average molecular weight is 213 g/mol. The van der Waals surface area contributed by atoms with Crippen molar-refractivity contribution in [1.82, 2.24) is 4.90 Å². The largest absolute Gasteiger partial charge is 0.377 e. The third-order valence-corrected chi connectivity index (χ3v) is 2.69. The topological polar surface area (TPSA) is 101 Å².